The molecule has 0 saturated carbocycles. The van der Waals surface area contributed by atoms with Crippen molar-refractivity contribution in [2.24, 2.45) is 0 Å². The summed E-state index contributed by atoms with van der Waals surface area (Å²) < 4.78 is 22.4. The fourth-order valence-electron chi connectivity index (χ4n) is 3.02. The maximum Gasteiger partial charge on any atom is 0.203 e. The predicted octanol–water partition coefficient (Wildman–Crippen LogP) is 4.86. The van der Waals surface area contributed by atoms with Crippen LogP contribution in [0.1, 0.15) is 24.2 Å². The number of methoxy groups -OCH3 is 3. The standard InChI is InChI=1S/C23H26N2O4/c1-16(18-9-6-5-7-10-18)29-19-11-8-12-24-23(19)25-15-17-13-20(26-2)22(28-4)21(14-17)27-3/h5-14,16H,15H2,1-4H3,(H,24,25)/t16-/m1/s1. The number of benzene rings is 2. The van der Waals surface area contributed by atoms with Gasteiger partial charge in [-0.2, -0.15) is 0 Å². The third kappa shape index (κ3) is 4.90. The lowest BCUT2D eigenvalue weighted by atomic mass is 10.1. The van der Waals surface area contributed by atoms with Crippen LogP contribution in [0, 0.1) is 0 Å². The normalized spacial score (nSPS) is 11.4. The van der Waals surface area contributed by atoms with Crippen LogP contribution in [0.15, 0.2) is 60.8 Å². The van der Waals surface area contributed by atoms with Crippen molar-refractivity contribution in [1.29, 1.82) is 0 Å². The van der Waals surface area contributed by atoms with Crippen molar-refractivity contribution < 1.29 is 18.9 Å². The molecule has 0 aliphatic heterocycles. The van der Waals surface area contributed by atoms with E-state index in [1.165, 1.54) is 0 Å². The molecule has 6 nitrogen and oxygen atoms in total. The van der Waals surface area contributed by atoms with E-state index < -0.39 is 0 Å². The van der Waals surface area contributed by atoms with Crippen LogP contribution in [0.5, 0.6) is 23.0 Å². The Morgan fingerprint density at radius 2 is 1.55 bits per heavy atom. The maximum atomic E-state index is 6.15. The number of nitrogens with zero attached hydrogens (tertiary/aromatic N) is 1. The minimum Gasteiger partial charge on any atom is -0.493 e. The summed E-state index contributed by atoms with van der Waals surface area (Å²) in [4.78, 5) is 4.44. The smallest absolute Gasteiger partial charge is 0.203 e. The van der Waals surface area contributed by atoms with Gasteiger partial charge in [-0.3, -0.25) is 0 Å². The van der Waals surface area contributed by atoms with Gasteiger partial charge in [0.25, 0.3) is 0 Å². The van der Waals surface area contributed by atoms with Crippen molar-refractivity contribution in [2.75, 3.05) is 26.6 Å². The van der Waals surface area contributed by atoms with Crippen LogP contribution in [0.4, 0.5) is 5.82 Å². The van der Waals surface area contributed by atoms with Gasteiger partial charge in [0, 0.05) is 12.7 Å². The summed E-state index contributed by atoms with van der Waals surface area (Å²) in [5.74, 6) is 3.15. The monoisotopic (exact) mass is 394 g/mol. The average molecular weight is 394 g/mol. The fourth-order valence-corrected chi connectivity index (χ4v) is 3.02. The van der Waals surface area contributed by atoms with Gasteiger partial charge in [0.2, 0.25) is 5.75 Å². The number of aromatic nitrogens is 1. The number of pyridine rings is 1. The molecule has 0 unspecified atom stereocenters. The molecule has 0 aliphatic carbocycles. The largest absolute Gasteiger partial charge is 0.493 e. The Balaban J connectivity index is 1.76. The Kier molecular flexibility index (Phi) is 6.79. The quantitative estimate of drug-likeness (QED) is 0.559. The fraction of sp³-hybridized carbons (Fsp3) is 0.261. The molecule has 1 aromatic heterocycles. The lowest BCUT2D eigenvalue weighted by Crippen LogP contribution is -2.08. The molecule has 1 N–H and O–H groups in total. The molecule has 0 amide bonds. The summed E-state index contributed by atoms with van der Waals surface area (Å²) in [6, 6.07) is 17.7. The zero-order chi connectivity index (χ0) is 20.6. The van der Waals surface area contributed by atoms with Crippen LogP contribution >= 0.6 is 0 Å². The third-order valence-corrected chi connectivity index (χ3v) is 4.53. The van der Waals surface area contributed by atoms with Gasteiger partial charge in [-0.1, -0.05) is 30.3 Å². The number of nitrogens with one attached hydrogen (secondary N) is 1. The zero-order valence-electron chi connectivity index (χ0n) is 17.1. The van der Waals surface area contributed by atoms with Crippen molar-refractivity contribution in [3.8, 4) is 23.0 Å². The Bertz CT molecular complexity index is 906. The van der Waals surface area contributed by atoms with Gasteiger partial charge in [-0.05, 0) is 42.3 Å². The van der Waals surface area contributed by atoms with E-state index in [1.54, 1.807) is 27.5 Å². The highest BCUT2D eigenvalue weighted by Crippen LogP contribution is 2.38. The van der Waals surface area contributed by atoms with E-state index in [9.17, 15) is 0 Å². The molecular formula is C23H26N2O4. The predicted molar refractivity (Wildman–Crippen MR) is 113 cm³/mol. The van der Waals surface area contributed by atoms with E-state index >= 15 is 0 Å². The highest BCUT2D eigenvalue weighted by Gasteiger charge is 2.14. The molecule has 152 valence electrons. The first-order valence-corrected chi connectivity index (χ1v) is 9.35. The van der Waals surface area contributed by atoms with Crippen molar-refractivity contribution in [2.45, 2.75) is 19.6 Å². The average Bonchev–Trinajstić information content (AvgIpc) is 2.78. The molecule has 3 rings (SSSR count). The van der Waals surface area contributed by atoms with E-state index in [-0.39, 0.29) is 6.10 Å². The van der Waals surface area contributed by atoms with E-state index in [0.29, 0.717) is 35.4 Å². The van der Waals surface area contributed by atoms with E-state index in [2.05, 4.69) is 10.3 Å². The minimum atomic E-state index is -0.0953. The molecule has 0 aliphatic rings. The second-order valence-corrected chi connectivity index (χ2v) is 6.41. The first-order chi connectivity index (χ1) is 14.2. The Hall–Kier alpha value is -3.41. The van der Waals surface area contributed by atoms with Gasteiger partial charge < -0.3 is 24.3 Å². The first kappa shape index (κ1) is 20.3. The van der Waals surface area contributed by atoms with Gasteiger partial charge in [-0.15, -0.1) is 0 Å². The number of rotatable bonds is 9. The minimum absolute atomic E-state index is 0.0953. The van der Waals surface area contributed by atoms with Gasteiger partial charge in [0.05, 0.1) is 21.3 Å². The Morgan fingerprint density at radius 3 is 2.17 bits per heavy atom. The lowest BCUT2D eigenvalue weighted by Gasteiger charge is -2.18. The molecule has 1 heterocycles. The zero-order valence-corrected chi connectivity index (χ0v) is 17.1. The van der Waals surface area contributed by atoms with Crippen molar-refractivity contribution in [3.63, 3.8) is 0 Å². The van der Waals surface area contributed by atoms with Crippen LogP contribution in [-0.2, 0) is 6.54 Å². The van der Waals surface area contributed by atoms with Gasteiger partial charge in [0.1, 0.15) is 6.10 Å². The van der Waals surface area contributed by atoms with Gasteiger partial charge in [-0.25, -0.2) is 4.98 Å². The van der Waals surface area contributed by atoms with Crippen molar-refractivity contribution in [1.82, 2.24) is 4.98 Å². The van der Waals surface area contributed by atoms with Crippen LogP contribution in [-0.4, -0.2) is 26.3 Å². The molecule has 2 aromatic carbocycles. The maximum absolute atomic E-state index is 6.15. The molecule has 0 radical (unpaired) electrons. The second-order valence-electron chi connectivity index (χ2n) is 6.41. The summed E-state index contributed by atoms with van der Waals surface area (Å²) in [5, 5.41) is 3.34. The van der Waals surface area contributed by atoms with Crippen molar-refractivity contribution in [3.05, 3.63) is 71.9 Å². The van der Waals surface area contributed by atoms with Crippen LogP contribution in [0.2, 0.25) is 0 Å². The van der Waals surface area contributed by atoms with Gasteiger partial charge >= 0.3 is 0 Å². The summed E-state index contributed by atoms with van der Waals surface area (Å²) >= 11 is 0. The lowest BCUT2D eigenvalue weighted by molar-refractivity contribution is 0.227. The van der Waals surface area contributed by atoms with Crippen LogP contribution in [0.25, 0.3) is 0 Å². The molecular weight excluding hydrogens is 368 g/mol. The molecule has 0 fully saturated rings. The highest BCUT2D eigenvalue weighted by atomic mass is 16.5. The molecule has 1 atom stereocenters. The van der Waals surface area contributed by atoms with E-state index in [0.717, 1.165) is 11.1 Å². The number of hydrogen-bond acceptors (Lipinski definition) is 6. The van der Waals surface area contributed by atoms with Crippen LogP contribution in [0.3, 0.4) is 0 Å². The SMILES string of the molecule is COc1cc(CNc2ncccc2O[C@H](C)c2ccccc2)cc(OC)c1OC. The topological polar surface area (TPSA) is 61.8 Å². The van der Waals surface area contributed by atoms with Crippen LogP contribution < -0.4 is 24.3 Å². The summed E-state index contributed by atoms with van der Waals surface area (Å²) in [6.07, 6.45) is 1.64. The van der Waals surface area contributed by atoms with E-state index in [4.69, 9.17) is 18.9 Å². The number of anilines is 1. The van der Waals surface area contributed by atoms with Crippen molar-refractivity contribution >= 4 is 5.82 Å². The summed E-state index contributed by atoms with van der Waals surface area (Å²) in [7, 11) is 4.79. The Labute approximate surface area is 171 Å². The number of hydrogen-bond donors (Lipinski definition) is 1. The van der Waals surface area contributed by atoms with E-state index in [1.807, 2.05) is 61.5 Å². The molecule has 0 bridgehead atoms. The summed E-state index contributed by atoms with van der Waals surface area (Å²) in [5.41, 5.74) is 2.07. The number of ether oxygens (including phenoxy) is 4. The molecule has 6 heteroatoms. The summed E-state index contributed by atoms with van der Waals surface area (Å²) in [6.45, 7) is 2.54. The first-order valence-electron chi connectivity index (χ1n) is 9.35. The van der Waals surface area contributed by atoms with Gasteiger partial charge in [0.15, 0.2) is 23.1 Å². The molecule has 0 saturated heterocycles. The molecule has 29 heavy (non-hydrogen) atoms. The third-order valence-electron chi connectivity index (χ3n) is 4.53. The highest BCUT2D eigenvalue weighted by molar-refractivity contribution is 5.55. The molecule has 0 spiro atoms. The second kappa shape index (κ2) is 9.68. The molecule has 3 aromatic rings. The Morgan fingerprint density at radius 1 is 0.862 bits per heavy atom.